The molecule has 2 aliphatic carbocycles. The highest BCUT2D eigenvalue weighted by molar-refractivity contribution is 5.84. The Kier molecular flexibility index (Phi) is 4.13. The number of aliphatic hydroxyl groups is 1. The second-order valence-corrected chi connectivity index (χ2v) is 9.50. The summed E-state index contributed by atoms with van der Waals surface area (Å²) in [7, 11) is 1.61. The molecule has 0 aromatic heterocycles. The first kappa shape index (κ1) is 19.1. The van der Waals surface area contributed by atoms with E-state index in [2.05, 4.69) is 11.8 Å². The topological polar surface area (TPSA) is 76.1 Å². The van der Waals surface area contributed by atoms with Gasteiger partial charge in [0.2, 0.25) is 0 Å². The third-order valence-corrected chi connectivity index (χ3v) is 8.11. The molecule has 1 aromatic rings. The van der Waals surface area contributed by atoms with Crippen molar-refractivity contribution in [1.82, 2.24) is 4.90 Å². The Morgan fingerprint density at radius 3 is 2.76 bits per heavy atom. The van der Waals surface area contributed by atoms with Gasteiger partial charge < -0.3 is 14.6 Å². The summed E-state index contributed by atoms with van der Waals surface area (Å²) >= 11 is 0. The third kappa shape index (κ3) is 2.55. The van der Waals surface area contributed by atoms with Gasteiger partial charge in [0, 0.05) is 30.0 Å². The molecule has 3 aliphatic heterocycles. The van der Waals surface area contributed by atoms with Gasteiger partial charge in [-0.25, -0.2) is 4.79 Å². The number of methoxy groups -OCH3 is 1. The van der Waals surface area contributed by atoms with Gasteiger partial charge in [-0.05, 0) is 75.3 Å². The Bertz CT molecular complexity index is 867. The zero-order valence-electron chi connectivity index (χ0n) is 17.1. The van der Waals surface area contributed by atoms with Crippen LogP contribution in [0.2, 0.25) is 0 Å². The Hall–Kier alpha value is -1.92. The quantitative estimate of drug-likeness (QED) is 0.606. The largest absolute Gasteiger partial charge is 0.497 e. The van der Waals surface area contributed by atoms with E-state index in [1.807, 2.05) is 6.07 Å². The van der Waals surface area contributed by atoms with Crippen LogP contribution in [0.25, 0.3) is 0 Å². The molecule has 0 amide bonds. The summed E-state index contributed by atoms with van der Waals surface area (Å²) in [4.78, 5) is 27.2. The molecule has 3 saturated heterocycles. The number of carbonyl (C=O) groups excluding carboxylic acids is 2. The van der Waals surface area contributed by atoms with E-state index in [0.29, 0.717) is 30.6 Å². The Labute approximate surface area is 171 Å². The van der Waals surface area contributed by atoms with Gasteiger partial charge in [0.05, 0.1) is 7.11 Å². The van der Waals surface area contributed by atoms with Crippen LogP contribution in [0.4, 0.5) is 0 Å². The molecule has 0 radical (unpaired) electrons. The van der Waals surface area contributed by atoms with E-state index in [1.165, 1.54) is 12.8 Å². The van der Waals surface area contributed by atoms with E-state index in [1.54, 1.807) is 19.2 Å². The summed E-state index contributed by atoms with van der Waals surface area (Å²) in [6.07, 6.45) is 5.47. The molecule has 1 aromatic carbocycles. The Balaban J connectivity index is 1.67. The summed E-state index contributed by atoms with van der Waals surface area (Å²) in [5.41, 5.74) is -1.40. The van der Waals surface area contributed by atoms with Crippen molar-refractivity contribution in [3.8, 4) is 5.75 Å². The molecule has 2 bridgehead atoms. The van der Waals surface area contributed by atoms with Crippen molar-refractivity contribution in [2.45, 2.75) is 68.1 Å². The molecule has 1 spiro atoms. The number of likely N-dealkylation sites (tertiary alicyclic amines) is 1. The molecule has 4 atom stereocenters. The average molecular weight is 399 g/mol. The van der Waals surface area contributed by atoms with E-state index in [0.717, 1.165) is 37.3 Å². The van der Waals surface area contributed by atoms with Crippen molar-refractivity contribution >= 4 is 12.3 Å². The van der Waals surface area contributed by atoms with Crippen molar-refractivity contribution in [1.29, 1.82) is 0 Å². The molecule has 6 rings (SSSR count). The molecule has 0 unspecified atom stereocenters. The summed E-state index contributed by atoms with van der Waals surface area (Å²) in [6, 6.07) is 5.49. The van der Waals surface area contributed by atoms with Crippen molar-refractivity contribution in [3.63, 3.8) is 0 Å². The molecule has 1 N–H and O–H groups in total. The number of nitrogens with zero attached hydrogens (tertiary/aromatic N) is 1. The molecule has 2 saturated carbocycles. The monoisotopic (exact) mass is 399 g/mol. The molecular formula is C23H29NO5. The lowest BCUT2D eigenvalue weighted by Gasteiger charge is -2.67. The maximum atomic E-state index is 12.8. The fourth-order valence-electron chi connectivity index (χ4n) is 6.29. The van der Waals surface area contributed by atoms with Crippen molar-refractivity contribution in [2.75, 3.05) is 20.2 Å². The van der Waals surface area contributed by atoms with Gasteiger partial charge in [-0.3, -0.25) is 9.69 Å². The average Bonchev–Trinajstić information content (AvgIpc) is 3.54. The Morgan fingerprint density at radius 2 is 2.10 bits per heavy atom. The number of piperidine rings is 1. The fraction of sp³-hybridized carbons (Fsp3) is 0.652. The Morgan fingerprint density at radius 1 is 1.31 bits per heavy atom. The van der Waals surface area contributed by atoms with Gasteiger partial charge >= 0.3 is 5.97 Å². The first-order chi connectivity index (χ1) is 13.9. The van der Waals surface area contributed by atoms with Crippen molar-refractivity contribution < 1.29 is 24.2 Å². The van der Waals surface area contributed by atoms with Crippen LogP contribution in [0.1, 0.15) is 61.4 Å². The highest BCUT2D eigenvalue weighted by atomic mass is 16.6. The summed E-state index contributed by atoms with van der Waals surface area (Å²) in [5, 5.41) is 11.1. The van der Waals surface area contributed by atoms with Gasteiger partial charge in [-0.15, -0.1) is 0 Å². The maximum Gasteiger partial charge on any atom is 0.338 e. The third-order valence-electron chi connectivity index (χ3n) is 8.11. The number of fused-ring (bicyclic) bond motifs is 2. The minimum absolute atomic E-state index is 0.0244. The standard InChI is InChI=1S/C23H29NO5/c1-15-23-8-7-22(27,20(26)29-23)14-21(23,9-10-24(15)12-16-3-4-16)19-11-18(28-2)6-5-17(19)13-25/h5-6,11,13,15-16,27H,3-4,7-10,12,14H2,1-2H3/t15-,21-,22+,23-/m1/s1. The van der Waals surface area contributed by atoms with Crippen LogP contribution in [-0.2, 0) is 14.9 Å². The smallest absolute Gasteiger partial charge is 0.338 e. The molecular weight excluding hydrogens is 370 g/mol. The van der Waals surface area contributed by atoms with Crippen LogP contribution < -0.4 is 4.74 Å². The molecule has 29 heavy (non-hydrogen) atoms. The highest BCUT2D eigenvalue weighted by Crippen LogP contribution is 2.62. The second-order valence-electron chi connectivity index (χ2n) is 9.50. The molecule has 6 heteroatoms. The minimum Gasteiger partial charge on any atom is -0.497 e. The summed E-state index contributed by atoms with van der Waals surface area (Å²) < 4.78 is 11.6. The van der Waals surface area contributed by atoms with E-state index in [4.69, 9.17) is 9.47 Å². The first-order valence-electron chi connectivity index (χ1n) is 10.7. The van der Waals surface area contributed by atoms with Crippen LogP contribution in [0, 0.1) is 5.92 Å². The molecule has 5 aliphatic rings. The lowest BCUT2D eigenvalue weighted by atomic mass is 9.48. The normalized spacial score (nSPS) is 39.0. The lowest BCUT2D eigenvalue weighted by Crippen LogP contribution is -2.78. The summed E-state index contributed by atoms with van der Waals surface area (Å²) in [6.45, 7) is 4.04. The molecule has 6 nitrogen and oxygen atoms in total. The second kappa shape index (κ2) is 6.29. The number of carbonyl (C=O) groups is 2. The SMILES string of the molecule is COc1ccc(C=O)c([C@]23CCN(CC4CC4)[C@H](C)[C@]24CC[C@](O)(C3)C(=O)O4)c1. The zero-order valence-corrected chi connectivity index (χ0v) is 17.1. The van der Waals surface area contributed by atoms with Crippen molar-refractivity contribution in [3.05, 3.63) is 29.3 Å². The van der Waals surface area contributed by atoms with E-state index >= 15 is 0 Å². The first-order valence-corrected chi connectivity index (χ1v) is 10.7. The van der Waals surface area contributed by atoms with Gasteiger partial charge in [-0.2, -0.15) is 0 Å². The predicted octanol–water partition coefficient (Wildman–Crippen LogP) is 2.46. The van der Waals surface area contributed by atoms with Gasteiger partial charge in [0.25, 0.3) is 0 Å². The van der Waals surface area contributed by atoms with E-state index in [9.17, 15) is 14.7 Å². The number of ether oxygens (including phenoxy) is 2. The van der Waals surface area contributed by atoms with E-state index < -0.39 is 22.6 Å². The summed E-state index contributed by atoms with van der Waals surface area (Å²) in [5.74, 6) is 0.904. The zero-order chi connectivity index (χ0) is 20.4. The van der Waals surface area contributed by atoms with Gasteiger partial charge in [0.15, 0.2) is 5.60 Å². The number of rotatable bonds is 5. The minimum atomic E-state index is -1.48. The van der Waals surface area contributed by atoms with Gasteiger partial charge in [-0.1, -0.05) is 0 Å². The van der Waals surface area contributed by atoms with Crippen LogP contribution in [-0.4, -0.2) is 59.7 Å². The number of benzene rings is 1. The predicted molar refractivity (Wildman–Crippen MR) is 106 cm³/mol. The maximum absolute atomic E-state index is 12.8. The van der Waals surface area contributed by atoms with Crippen LogP contribution >= 0.6 is 0 Å². The van der Waals surface area contributed by atoms with Crippen molar-refractivity contribution in [2.24, 2.45) is 5.92 Å². The van der Waals surface area contributed by atoms with Crippen LogP contribution in [0.5, 0.6) is 5.75 Å². The number of hydrogen-bond acceptors (Lipinski definition) is 6. The van der Waals surface area contributed by atoms with E-state index in [-0.39, 0.29) is 6.04 Å². The molecule has 3 heterocycles. The fourth-order valence-corrected chi connectivity index (χ4v) is 6.29. The van der Waals surface area contributed by atoms with Gasteiger partial charge in [0.1, 0.15) is 17.6 Å². The number of esters is 1. The molecule has 5 fully saturated rings. The van der Waals surface area contributed by atoms with Crippen LogP contribution in [0.3, 0.4) is 0 Å². The molecule has 156 valence electrons. The number of aldehydes is 1. The number of hydrogen-bond donors (Lipinski definition) is 1. The lowest BCUT2D eigenvalue weighted by molar-refractivity contribution is -0.267. The van der Waals surface area contributed by atoms with Crippen LogP contribution in [0.15, 0.2) is 18.2 Å². The highest BCUT2D eigenvalue weighted by Gasteiger charge is 2.72.